The van der Waals surface area contributed by atoms with E-state index in [0.29, 0.717) is 6.04 Å². The Bertz CT molecular complexity index is 241. The van der Waals surface area contributed by atoms with Crippen LogP contribution in [0.1, 0.15) is 45.4 Å². The molecule has 0 heterocycles. The quantitative estimate of drug-likeness (QED) is 0.311. The molecule has 1 fully saturated rings. The summed E-state index contributed by atoms with van der Waals surface area (Å²) in [5.74, 6) is 3.15. The average molecular weight is 399 g/mol. The third kappa shape index (κ3) is 9.00. The number of nitrogens with zero attached hydrogens (tertiary/aromatic N) is 1. The Morgan fingerprint density at radius 3 is 2.47 bits per heavy atom. The fraction of sp³-hybridized carbons (Fsp3) is 0.929. The van der Waals surface area contributed by atoms with Crippen LogP contribution in [-0.2, 0) is 0 Å². The minimum Gasteiger partial charge on any atom is -0.356 e. The van der Waals surface area contributed by atoms with Crippen molar-refractivity contribution in [1.29, 1.82) is 0 Å². The molecule has 1 rings (SSSR count). The minimum absolute atomic E-state index is 0. The van der Waals surface area contributed by atoms with Gasteiger partial charge in [0.25, 0.3) is 0 Å². The Labute approximate surface area is 140 Å². The van der Waals surface area contributed by atoms with E-state index < -0.39 is 0 Å². The molecular formula is C14H30IN3S. The van der Waals surface area contributed by atoms with Crippen LogP contribution in [0.25, 0.3) is 0 Å². The average Bonchev–Trinajstić information content (AvgIpc) is 2.39. The first-order valence-corrected chi connectivity index (χ1v) is 8.61. The molecule has 5 heteroatoms. The number of guanidine groups is 1. The summed E-state index contributed by atoms with van der Waals surface area (Å²) in [6.45, 7) is 3.39. The van der Waals surface area contributed by atoms with Crippen LogP contribution in [0.4, 0.5) is 0 Å². The van der Waals surface area contributed by atoms with Crippen molar-refractivity contribution in [2.45, 2.75) is 51.5 Å². The molecule has 0 saturated heterocycles. The van der Waals surface area contributed by atoms with Gasteiger partial charge in [0.2, 0.25) is 0 Å². The van der Waals surface area contributed by atoms with Gasteiger partial charge in [-0.3, -0.25) is 4.99 Å². The van der Waals surface area contributed by atoms with Gasteiger partial charge in [0, 0.05) is 19.6 Å². The van der Waals surface area contributed by atoms with Crippen molar-refractivity contribution in [3.05, 3.63) is 0 Å². The lowest BCUT2D eigenvalue weighted by atomic mass is 9.87. The molecule has 0 bridgehead atoms. The van der Waals surface area contributed by atoms with Gasteiger partial charge >= 0.3 is 0 Å². The van der Waals surface area contributed by atoms with Gasteiger partial charge in [0.15, 0.2) is 5.96 Å². The Balaban J connectivity index is 0.00000324. The van der Waals surface area contributed by atoms with E-state index >= 15 is 0 Å². The fourth-order valence-electron chi connectivity index (χ4n) is 2.37. The van der Waals surface area contributed by atoms with E-state index in [2.05, 4.69) is 28.8 Å². The highest BCUT2D eigenvalue weighted by Gasteiger charge is 2.18. The van der Waals surface area contributed by atoms with E-state index in [-0.39, 0.29) is 24.0 Å². The molecule has 0 aromatic heterocycles. The summed E-state index contributed by atoms with van der Waals surface area (Å²) in [6, 6.07) is 0.624. The molecule has 0 atom stereocenters. The number of hydrogen-bond donors (Lipinski definition) is 2. The summed E-state index contributed by atoms with van der Waals surface area (Å²) in [7, 11) is 1.86. The molecule has 0 aromatic rings. The van der Waals surface area contributed by atoms with Gasteiger partial charge < -0.3 is 10.6 Å². The predicted octanol–water partition coefficient (Wildman–Crippen LogP) is 3.49. The number of unbranched alkanes of at least 4 members (excludes halogenated alkanes) is 1. The van der Waals surface area contributed by atoms with Gasteiger partial charge in [-0.05, 0) is 56.5 Å². The number of halogens is 1. The normalized spacial score (nSPS) is 23.6. The van der Waals surface area contributed by atoms with Crippen molar-refractivity contribution in [3.8, 4) is 0 Å². The van der Waals surface area contributed by atoms with Gasteiger partial charge in [-0.2, -0.15) is 11.8 Å². The maximum absolute atomic E-state index is 4.31. The van der Waals surface area contributed by atoms with Gasteiger partial charge in [-0.1, -0.05) is 6.92 Å². The van der Waals surface area contributed by atoms with Crippen LogP contribution in [0.3, 0.4) is 0 Å². The number of hydrogen-bond acceptors (Lipinski definition) is 2. The first-order valence-electron chi connectivity index (χ1n) is 7.22. The zero-order valence-corrected chi connectivity index (χ0v) is 15.7. The lowest BCUT2D eigenvalue weighted by Crippen LogP contribution is -2.45. The lowest BCUT2D eigenvalue weighted by molar-refractivity contribution is 0.329. The molecule has 0 spiro atoms. The highest BCUT2D eigenvalue weighted by atomic mass is 127. The van der Waals surface area contributed by atoms with E-state index in [1.165, 1.54) is 44.3 Å². The highest BCUT2D eigenvalue weighted by molar-refractivity contribution is 14.0. The van der Waals surface area contributed by atoms with Crippen molar-refractivity contribution in [2.24, 2.45) is 10.9 Å². The third-order valence-corrected chi connectivity index (χ3v) is 4.34. The van der Waals surface area contributed by atoms with Crippen LogP contribution in [0.5, 0.6) is 0 Å². The molecule has 1 saturated carbocycles. The van der Waals surface area contributed by atoms with Crippen LogP contribution in [-0.4, -0.2) is 37.6 Å². The summed E-state index contributed by atoms with van der Waals surface area (Å²) in [4.78, 5) is 4.31. The van der Waals surface area contributed by atoms with Crippen molar-refractivity contribution in [1.82, 2.24) is 10.6 Å². The second-order valence-electron chi connectivity index (χ2n) is 5.30. The van der Waals surface area contributed by atoms with Gasteiger partial charge in [0.05, 0.1) is 0 Å². The summed E-state index contributed by atoms with van der Waals surface area (Å²) in [6.07, 6.45) is 9.95. The van der Waals surface area contributed by atoms with Crippen molar-refractivity contribution in [3.63, 3.8) is 0 Å². The smallest absolute Gasteiger partial charge is 0.191 e. The Hall–Kier alpha value is 0.350. The topological polar surface area (TPSA) is 36.4 Å². The zero-order chi connectivity index (χ0) is 13.2. The number of rotatable bonds is 6. The monoisotopic (exact) mass is 399 g/mol. The molecule has 114 valence electrons. The maximum Gasteiger partial charge on any atom is 0.191 e. The summed E-state index contributed by atoms with van der Waals surface area (Å²) in [5, 5.41) is 6.97. The molecule has 0 aliphatic heterocycles. The molecule has 1 aliphatic rings. The number of thioether (sulfide) groups is 1. The molecule has 0 unspecified atom stereocenters. The van der Waals surface area contributed by atoms with E-state index in [9.17, 15) is 0 Å². The van der Waals surface area contributed by atoms with Crippen LogP contribution >= 0.6 is 35.7 Å². The maximum atomic E-state index is 4.31. The van der Waals surface area contributed by atoms with E-state index in [1.807, 2.05) is 18.8 Å². The minimum atomic E-state index is 0. The van der Waals surface area contributed by atoms with Crippen LogP contribution in [0.15, 0.2) is 4.99 Å². The number of aliphatic imine (C=N–C) groups is 1. The molecular weight excluding hydrogens is 369 g/mol. The number of nitrogens with one attached hydrogen (secondary N) is 2. The standard InChI is InChI=1S/C14H29N3S.HI/c1-12-6-8-13(9-7-12)17-14(15-2)16-10-4-5-11-18-3;/h12-13H,4-11H2,1-3H3,(H2,15,16,17);1H. The van der Waals surface area contributed by atoms with Crippen molar-refractivity contribution < 1.29 is 0 Å². The molecule has 0 amide bonds. The fourth-order valence-corrected chi connectivity index (χ4v) is 2.86. The Morgan fingerprint density at radius 1 is 1.21 bits per heavy atom. The Morgan fingerprint density at radius 2 is 1.89 bits per heavy atom. The SMILES string of the molecule is CN=C(NCCCCSC)NC1CCC(C)CC1.I. The highest BCUT2D eigenvalue weighted by Crippen LogP contribution is 2.23. The van der Waals surface area contributed by atoms with Crippen molar-refractivity contribution in [2.75, 3.05) is 25.6 Å². The first-order chi connectivity index (χ1) is 8.76. The molecule has 0 aromatic carbocycles. The third-order valence-electron chi connectivity index (χ3n) is 3.65. The van der Waals surface area contributed by atoms with Gasteiger partial charge in [-0.25, -0.2) is 0 Å². The molecule has 1 aliphatic carbocycles. The second kappa shape index (κ2) is 12.1. The largest absolute Gasteiger partial charge is 0.356 e. The van der Waals surface area contributed by atoms with Gasteiger partial charge in [-0.15, -0.1) is 24.0 Å². The first kappa shape index (κ1) is 19.4. The van der Waals surface area contributed by atoms with E-state index in [1.54, 1.807) is 0 Å². The van der Waals surface area contributed by atoms with Crippen LogP contribution < -0.4 is 10.6 Å². The predicted molar refractivity (Wildman–Crippen MR) is 98.9 cm³/mol. The summed E-state index contributed by atoms with van der Waals surface area (Å²) < 4.78 is 0. The lowest BCUT2D eigenvalue weighted by Gasteiger charge is -2.28. The van der Waals surface area contributed by atoms with Crippen LogP contribution in [0, 0.1) is 5.92 Å². The Kier molecular flexibility index (Phi) is 12.3. The molecule has 0 radical (unpaired) electrons. The van der Waals surface area contributed by atoms with Gasteiger partial charge in [0.1, 0.15) is 0 Å². The second-order valence-corrected chi connectivity index (χ2v) is 6.29. The van der Waals surface area contributed by atoms with E-state index in [4.69, 9.17) is 0 Å². The van der Waals surface area contributed by atoms with Crippen LogP contribution in [0.2, 0.25) is 0 Å². The van der Waals surface area contributed by atoms with E-state index in [0.717, 1.165) is 18.4 Å². The zero-order valence-electron chi connectivity index (χ0n) is 12.6. The summed E-state index contributed by atoms with van der Waals surface area (Å²) >= 11 is 1.92. The molecule has 2 N–H and O–H groups in total. The van der Waals surface area contributed by atoms with Crippen molar-refractivity contribution >= 4 is 41.7 Å². The molecule has 3 nitrogen and oxygen atoms in total. The summed E-state index contributed by atoms with van der Waals surface area (Å²) in [5.41, 5.74) is 0. The molecule has 19 heavy (non-hydrogen) atoms.